The van der Waals surface area contributed by atoms with E-state index in [-0.39, 0.29) is 0 Å². The predicted molar refractivity (Wildman–Crippen MR) is 47.0 cm³/mol. The van der Waals surface area contributed by atoms with E-state index >= 15 is 0 Å². The Kier molecular flexibility index (Phi) is 1.47. The van der Waals surface area contributed by atoms with Crippen LogP contribution in [0.5, 0.6) is 0 Å². The molecule has 0 radical (unpaired) electrons. The average Bonchev–Trinajstić information content (AvgIpc) is 2.06. The van der Waals surface area contributed by atoms with E-state index in [4.69, 9.17) is 16.6 Å². The van der Waals surface area contributed by atoms with Gasteiger partial charge in [0.15, 0.2) is 0 Å². The molecule has 2 heteroatoms. The summed E-state index contributed by atoms with van der Waals surface area (Å²) in [5.74, 6) is 0. The second-order valence-electron chi connectivity index (χ2n) is 2.28. The van der Waals surface area contributed by atoms with E-state index < -0.39 is 0 Å². The molecule has 0 aliphatic heterocycles. The summed E-state index contributed by atoms with van der Waals surface area (Å²) in [4.78, 5) is 0. The van der Waals surface area contributed by atoms with Crippen LogP contribution in [0, 0.1) is 4.51 Å². The van der Waals surface area contributed by atoms with Crippen LogP contribution in [0.2, 0.25) is 0 Å². The molecule has 0 saturated heterocycles. The first kappa shape index (κ1) is 6.55. The molecule has 0 saturated carbocycles. The largest absolute Gasteiger partial charge is 0.464 e. The van der Waals surface area contributed by atoms with Crippen LogP contribution in [-0.2, 0) is 0 Å². The highest BCUT2D eigenvalue weighted by atomic mass is 32.1. The maximum Gasteiger partial charge on any atom is 0.135 e. The molecule has 0 N–H and O–H groups in total. The van der Waals surface area contributed by atoms with Gasteiger partial charge in [-0.2, -0.15) is 0 Å². The lowest BCUT2D eigenvalue weighted by Gasteiger charge is -1.93. The van der Waals surface area contributed by atoms with Crippen LogP contribution in [0.15, 0.2) is 41.0 Å². The van der Waals surface area contributed by atoms with Gasteiger partial charge < -0.3 is 4.42 Å². The highest BCUT2D eigenvalue weighted by molar-refractivity contribution is 7.71. The predicted octanol–water partition coefficient (Wildman–Crippen LogP) is 3.16. The van der Waals surface area contributed by atoms with E-state index in [0.29, 0.717) is 0 Å². The van der Waals surface area contributed by atoms with Crippen molar-refractivity contribution in [3.8, 4) is 0 Å². The number of hydrogen-bond donors (Lipinski definition) is 0. The van der Waals surface area contributed by atoms with Crippen LogP contribution in [-0.4, -0.2) is 0 Å². The molecular formula is C9H6OS. The topological polar surface area (TPSA) is 13.1 Å². The number of para-hydroxylation sites is 1. The molecule has 0 fully saturated rings. The van der Waals surface area contributed by atoms with Gasteiger partial charge in [-0.15, -0.1) is 0 Å². The fourth-order valence-electron chi connectivity index (χ4n) is 1.03. The van der Waals surface area contributed by atoms with E-state index in [2.05, 4.69) is 0 Å². The van der Waals surface area contributed by atoms with Crippen LogP contribution >= 0.6 is 12.2 Å². The SMILES string of the molecule is S=c1ccoc2ccccc12. The van der Waals surface area contributed by atoms with Crippen molar-refractivity contribution < 1.29 is 4.42 Å². The molecule has 54 valence electrons. The van der Waals surface area contributed by atoms with E-state index in [9.17, 15) is 0 Å². The Morgan fingerprint density at radius 3 is 2.73 bits per heavy atom. The third kappa shape index (κ3) is 1.05. The Balaban J connectivity index is 3.03. The molecule has 0 spiro atoms. The van der Waals surface area contributed by atoms with Crippen LogP contribution in [0.4, 0.5) is 0 Å². The van der Waals surface area contributed by atoms with Crippen molar-refractivity contribution in [2.75, 3.05) is 0 Å². The van der Waals surface area contributed by atoms with Gasteiger partial charge >= 0.3 is 0 Å². The minimum Gasteiger partial charge on any atom is -0.464 e. The molecule has 2 rings (SSSR count). The highest BCUT2D eigenvalue weighted by Crippen LogP contribution is 2.13. The van der Waals surface area contributed by atoms with Crippen molar-refractivity contribution in [3.05, 3.63) is 41.1 Å². The lowest BCUT2D eigenvalue weighted by molar-refractivity contribution is 0.603. The molecule has 0 amide bonds. The number of fused-ring (bicyclic) bond motifs is 1. The highest BCUT2D eigenvalue weighted by Gasteiger charge is 1.92. The standard InChI is InChI=1S/C9H6OS/c11-9-5-6-10-8-4-2-1-3-7(8)9/h1-6H. The first-order valence-corrected chi connectivity index (χ1v) is 3.75. The van der Waals surface area contributed by atoms with Crippen molar-refractivity contribution in [3.63, 3.8) is 0 Å². The van der Waals surface area contributed by atoms with Gasteiger partial charge in [0.25, 0.3) is 0 Å². The number of benzene rings is 1. The summed E-state index contributed by atoms with van der Waals surface area (Å²) >= 11 is 5.09. The van der Waals surface area contributed by atoms with E-state index in [0.717, 1.165) is 15.5 Å². The van der Waals surface area contributed by atoms with Crippen LogP contribution in [0.25, 0.3) is 11.0 Å². The van der Waals surface area contributed by atoms with Gasteiger partial charge in [0.1, 0.15) is 5.58 Å². The Hall–Kier alpha value is -1.15. The minimum absolute atomic E-state index is 0.840. The van der Waals surface area contributed by atoms with Gasteiger partial charge in [-0.05, 0) is 18.2 Å². The quantitative estimate of drug-likeness (QED) is 0.552. The maximum absolute atomic E-state index is 5.23. The summed E-state index contributed by atoms with van der Waals surface area (Å²) in [5, 5.41) is 1.00. The first-order chi connectivity index (χ1) is 5.38. The monoisotopic (exact) mass is 162 g/mol. The molecule has 11 heavy (non-hydrogen) atoms. The van der Waals surface area contributed by atoms with Gasteiger partial charge in [-0.3, -0.25) is 0 Å². The zero-order chi connectivity index (χ0) is 7.68. The van der Waals surface area contributed by atoms with Gasteiger partial charge in [-0.1, -0.05) is 24.4 Å². The second-order valence-corrected chi connectivity index (χ2v) is 2.72. The lowest BCUT2D eigenvalue weighted by atomic mass is 10.2. The summed E-state index contributed by atoms with van der Waals surface area (Å²) in [7, 11) is 0. The fraction of sp³-hybridized carbons (Fsp3) is 0. The molecule has 0 unspecified atom stereocenters. The van der Waals surface area contributed by atoms with Gasteiger partial charge in [0.2, 0.25) is 0 Å². The summed E-state index contributed by atoms with van der Waals surface area (Å²) in [5.41, 5.74) is 0.847. The Morgan fingerprint density at radius 2 is 1.91 bits per heavy atom. The Bertz CT molecular complexity index is 425. The number of rotatable bonds is 0. The minimum atomic E-state index is 0.840. The van der Waals surface area contributed by atoms with Crippen molar-refractivity contribution >= 4 is 23.2 Å². The average molecular weight is 162 g/mol. The van der Waals surface area contributed by atoms with Crippen molar-refractivity contribution in [2.45, 2.75) is 0 Å². The third-order valence-corrected chi connectivity index (χ3v) is 1.92. The van der Waals surface area contributed by atoms with E-state index in [1.807, 2.05) is 24.3 Å². The molecule has 0 atom stereocenters. The molecule has 0 aliphatic carbocycles. The summed E-state index contributed by atoms with van der Waals surface area (Å²) in [6.45, 7) is 0. The molecule has 0 aliphatic rings. The first-order valence-electron chi connectivity index (χ1n) is 3.34. The van der Waals surface area contributed by atoms with E-state index in [1.165, 1.54) is 0 Å². The Labute approximate surface area is 69.3 Å². The summed E-state index contributed by atoms with van der Waals surface area (Å²) < 4.78 is 6.07. The zero-order valence-electron chi connectivity index (χ0n) is 5.78. The molecule has 1 aromatic carbocycles. The molecule has 2 aromatic rings. The third-order valence-electron chi connectivity index (χ3n) is 1.57. The normalized spacial score (nSPS) is 10.2. The second kappa shape index (κ2) is 2.47. The van der Waals surface area contributed by atoms with Crippen molar-refractivity contribution in [1.82, 2.24) is 0 Å². The van der Waals surface area contributed by atoms with E-state index in [1.54, 1.807) is 12.3 Å². The molecule has 1 aromatic heterocycles. The smallest absolute Gasteiger partial charge is 0.135 e. The Morgan fingerprint density at radius 1 is 1.09 bits per heavy atom. The van der Waals surface area contributed by atoms with Crippen molar-refractivity contribution in [2.24, 2.45) is 0 Å². The van der Waals surface area contributed by atoms with Gasteiger partial charge in [-0.25, -0.2) is 0 Å². The summed E-state index contributed by atoms with van der Waals surface area (Å²) in [6.07, 6.45) is 1.62. The zero-order valence-corrected chi connectivity index (χ0v) is 6.60. The van der Waals surface area contributed by atoms with Gasteiger partial charge in [0, 0.05) is 5.39 Å². The van der Waals surface area contributed by atoms with Crippen LogP contribution in [0.1, 0.15) is 0 Å². The van der Waals surface area contributed by atoms with Crippen LogP contribution < -0.4 is 0 Å². The van der Waals surface area contributed by atoms with Gasteiger partial charge in [0.05, 0.1) is 10.8 Å². The lowest BCUT2D eigenvalue weighted by Crippen LogP contribution is -1.70. The molecular weight excluding hydrogens is 156 g/mol. The summed E-state index contributed by atoms with van der Waals surface area (Å²) in [6, 6.07) is 9.54. The van der Waals surface area contributed by atoms with Crippen LogP contribution in [0.3, 0.4) is 0 Å². The molecule has 0 bridgehead atoms. The molecule has 1 nitrogen and oxygen atoms in total. The van der Waals surface area contributed by atoms with Crippen molar-refractivity contribution in [1.29, 1.82) is 0 Å². The number of hydrogen-bond acceptors (Lipinski definition) is 2. The maximum atomic E-state index is 5.23. The molecule has 1 heterocycles. The fourth-order valence-corrected chi connectivity index (χ4v) is 1.26.